The summed E-state index contributed by atoms with van der Waals surface area (Å²) in [5.74, 6) is 1.88. The fourth-order valence-corrected chi connectivity index (χ4v) is 2.84. The van der Waals surface area contributed by atoms with Gasteiger partial charge in [-0.15, -0.1) is 0 Å². The normalized spacial score (nSPS) is 16.0. The summed E-state index contributed by atoms with van der Waals surface area (Å²) < 4.78 is 5.60. The predicted molar refractivity (Wildman–Crippen MR) is 85.7 cm³/mol. The highest BCUT2D eigenvalue weighted by atomic mass is 16.5. The van der Waals surface area contributed by atoms with Crippen molar-refractivity contribution in [2.24, 2.45) is 5.92 Å². The molecule has 1 N–H and O–H groups in total. The third kappa shape index (κ3) is 3.45. The van der Waals surface area contributed by atoms with Gasteiger partial charge in [-0.05, 0) is 51.3 Å². The van der Waals surface area contributed by atoms with Gasteiger partial charge in [0.2, 0.25) is 0 Å². The molecule has 1 aliphatic rings. The first-order valence-electron chi connectivity index (χ1n) is 7.86. The smallest absolute Gasteiger partial charge is 0.125 e. The van der Waals surface area contributed by atoms with E-state index in [1.54, 1.807) is 7.11 Å². The van der Waals surface area contributed by atoms with E-state index in [2.05, 4.69) is 49.2 Å². The number of hydrogen-bond acceptors (Lipinski definition) is 3. The summed E-state index contributed by atoms with van der Waals surface area (Å²) in [6.07, 6.45) is 2.77. The van der Waals surface area contributed by atoms with Crippen molar-refractivity contribution in [3.05, 3.63) is 23.8 Å². The Labute approximate surface area is 123 Å². The van der Waals surface area contributed by atoms with Crippen LogP contribution in [-0.2, 0) is 0 Å². The van der Waals surface area contributed by atoms with E-state index in [1.165, 1.54) is 30.6 Å². The average Bonchev–Trinajstić information content (AvgIpc) is 3.28. The molecule has 1 aliphatic carbocycles. The molecule has 1 atom stereocenters. The first-order valence-corrected chi connectivity index (χ1v) is 7.86. The molecule has 1 unspecified atom stereocenters. The van der Waals surface area contributed by atoms with Crippen LogP contribution in [0.1, 0.15) is 45.2 Å². The fourth-order valence-electron chi connectivity index (χ4n) is 2.84. The maximum absolute atomic E-state index is 5.60. The van der Waals surface area contributed by atoms with Gasteiger partial charge in [0.25, 0.3) is 0 Å². The summed E-state index contributed by atoms with van der Waals surface area (Å²) in [5, 5.41) is 3.52. The van der Waals surface area contributed by atoms with Gasteiger partial charge in [-0.2, -0.15) is 0 Å². The number of ether oxygens (including phenoxy) is 1. The number of methoxy groups -OCH3 is 1. The van der Waals surface area contributed by atoms with Crippen molar-refractivity contribution in [1.29, 1.82) is 0 Å². The van der Waals surface area contributed by atoms with Crippen LogP contribution in [0.3, 0.4) is 0 Å². The monoisotopic (exact) mass is 276 g/mol. The van der Waals surface area contributed by atoms with Gasteiger partial charge >= 0.3 is 0 Å². The minimum atomic E-state index is 0.305. The van der Waals surface area contributed by atoms with Crippen LogP contribution >= 0.6 is 0 Å². The lowest BCUT2D eigenvalue weighted by Gasteiger charge is -2.29. The van der Waals surface area contributed by atoms with E-state index in [0.717, 1.165) is 24.8 Å². The number of anilines is 1. The number of nitrogens with one attached hydrogen (secondary N) is 1. The number of hydrogen-bond donors (Lipinski definition) is 1. The van der Waals surface area contributed by atoms with Crippen molar-refractivity contribution >= 4 is 5.69 Å². The van der Waals surface area contributed by atoms with Crippen LogP contribution < -0.4 is 15.0 Å². The number of benzene rings is 1. The van der Waals surface area contributed by atoms with Gasteiger partial charge in [0.1, 0.15) is 5.75 Å². The third-order valence-electron chi connectivity index (χ3n) is 4.10. The first kappa shape index (κ1) is 15.2. The molecule has 1 fully saturated rings. The van der Waals surface area contributed by atoms with Gasteiger partial charge in [0.05, 0.1) is 7.11 Å². The molecule has 3 nitrogen and oxygen atoms in total. The summed E-state index contributed by atoms with van der Waals surface area (Å²) in [6, 6.07) is 6.71. The van der Waals surface area contributed by atoms with E-state index in [4.69, 9.17) is 4.74 Å². The maximum Gasteiger partial charge on any atom is 0.125 e. The quantitative estimate of drug-likeness (QED) is 0.785. The van der Waals surface area contributed by atoms with E-state index >= 15 is 0 Å². The highest BCUT2D eigenvalue weighted by Crippen LogP contribution is 2.37. The molecule has 0 amide bonds. The lowest BCUT2D eigenvalue weighted by molar-refractivity contribution is 0.402. The highest BCUT2D eigenvalue weighted by molar-refractivity contribution is 5.61. The molecule has 1 saturated carbocycles. The van der Waals surface area contributed by atoms with E-state index in [9.17, 15) is 0 Å². The second kappa shape index (κ2) is 6.98. The zero-order valence-electron chi connectivity index (χ0n) is 13.3. The molecule has 0 saturated heterocycles. The Kier molecular flexibility index (Phi) is 5.30. The second-order valence-electron chi connectivity index (χ2n) is 5.65. The molecule has 1 aromatic carbocycles. The summed E-state index contributed by atoms with van der Waals surface area (Å²) in [6.45, 7) is 9.80. The highest BCUT2D eigenvalue weighted by Gasteiger charge is 2.26. The zero-order chi connectivity index (χ0) is 14.5. The third-order valence-corrected chi connectivity index (χ3v) is 4.10. The van der Waals surface area contributed by atoms with Crippen molar-refractivity contribution in [2.45, 2.75) is 39.7 Å². The molecule has 0 spiro atoms. The topological polar surface area (TPSA) is 24.5 Å². The minimum Gasteiger partial charge on any atom is -0.496 e. The fraction of sp³-hybridized carbons (Fsp3) is 0.647. The summed E-state index contributed by atoms with van der Waals surface area (Å²) in [5.41, 5.74) is 2.62. The Morgan fingerprint density at radius 3 is 2.65 bits per heavy atom. The van der Waals surface area contributed by atoms with Gasteiger partial charge in [-0.25, -0.2) is 0 Å². The van der Waals surface area contributed by atoms with Crippen molar-refractivity contribution in [1.82, 2.24) is 5.32 Å². The molecule has 0 radical (unpaired) electrons. The van der Waals surface area contributed by atoms with Crippen molar-refractivity contribution < 1.29 is 4.74 Å². The van der Waals surface area contributed by atoms with Crippen LogP contribution in [0.2, 0.25) is 0 Å². The lowest BCUT2D eigenvalue weighted by atomic mass is 10.0. The van der Waals surface area contributed by atoms with E-state index < -0.39 is 0 Å². The van der Waals surface area contributed by atoms with Gasteiger partial charge in [-0.3, -0.25) is 0 Å². The maximum atomic E-state index is 5.60. The zero-order valence-corrected chi connectivity index (χ0v) is 13.3. The van der Waals surface area contributed by atoms with Crippen molar-refractivity contribution in [2.75, 3.05) is 31.6 Å². The molecule has 0 heterocycles. The number of nitrogens with zero attached hydrogens (tertiary/aromatic N) is 1. The molecule has 2 rings (SSSR count). The van der Waals surface area contributed by atoms with E-state index in [0.29, 0.717) is 6.04 Å². The molecule has 0 aliphatic heterocycles. The Bertz CT molecular complexity index is 429. The molecule has 1 aromatic rings. The molecule has 112 valence electrons. The largest absolute Gasteiger partial charge is 0.496 e. The second-order valence-corrected chi connectivity index (χ2v) is 5.65. The molecular weight excluding hydrogens is 248 g/mol. The van der Waals surface area contributed by atoms with Crippen LogP contribution in [0.4, 0.5) is 5.69 Å². The van der Waals surface area contributed by atoms with Crippen LogP contribution in [0.15, 0.2) is 18.2 Å². The molecule has 0 aromatic heterocycles. The predicted octanol–water partition coefficient (Wildman–Crippen LogP) is 3.60. The first-order chi connectivity index (χ1) is 9.71. The summed E-state index contributed by atoms with van der Waals surface area (Å²) in [4.78, 5) is 2.50. The van der Waals surface area contributed by atoms with Crippen LogP contribution in [0.5, 0.6) is 5.75 Å². The van der Waals surface area contributed by atoms with Crippen molar-refractivity contribution in [3.8, 4) is 5.75 Å². The van der Waals surface area contributed by atoms with Gasteiger partial charge < -0.3 is 15.0 Å². The molecule has 0 bridgehead atoms. The standard InChI is InChI=1S/C17H28N2O/c1-5-18-13(3)17-15(8-7-9-16(17)20-4)19(6-2)12-14-10-11-14/h7-9,13-14,18H,5-6,10-12H2,1-4H3. The van der Waals surface area contributed by atoms with E-state index in [-0.39, 0.29) is 0 Å². The Hall–Kier alpha value is -1.22. The van der Waals surface area contributed by atoms with Gasteiger partial charge in [-0.1, -0.05) is 13.0 Å². The van der Waals surface area contributed by atoms with Crippen molar-refractivity contribution in [3.63, 3.8) is 0 Å². The summed E-state index contributed by atoms with van der Waals surface area (Å²) in [7, 11) is 1.76. The number of rotatable bonds is 8. The lowest BCUT2D eigenvalue weighted by Crippen LogP contribution is -2.28. The van der Waals surface area contributed by atoms with Gasteiger partial charge in [0.15, 0.2) is 0 Å². The SMILES string of the molecule is CCNC(C)c1c(OC)cccc1N(CC)CC1CC1. The van der Waals surface area contributed by atoms with E-state index in [1.807, 2.05) is 0 Å². The van der Waals surface area contributed by atoms with Crippen LogP contribution in [0, 0.1) is 5.92 Å². The van der Waals surface area contributed by atoms with Crippen LogP contribution in [0.25, 0.3) is 0 Å². The van der Waals surface area contributed by atoms with Gasteiger partial charge in [0, 0.05) is 30.4 Å². The molecule has 3 heteroatoms. The Morgan fingerprint density at radius 2 is 2.10 bits per heavy atom. The Balaban J connectivity index is 2.33. The average molecular weight is 276 g/mol. The summed E-state index contributed by atoms with van der Waals surface area (Å²) >= 11 is 0. The Morgan fingerprint density at radius 1 is 1.35 bits per heavy atom. The minimum absolute atomic E-state index is 0.305. The van der Waals surface area contributed by atoms with Crippen LogP contribution in [-0.4, -0.2) is 26.7 Å². The molecular formula is C17H28N2O. The molecule has 20 heavy (non-hydrogen) atoms.